The number of hydrogen-bond donors (Lipinski definition) is 1. The summed E-state index contributed by atoms with van der Waals surface area (Å²) in [6.45, 7) is 4.32. The van der Waals surface area contributed by atoms with Crippen molar-refractivity contribution in [1.29, 1.82) is 0 Å². The molecule has 0 aromatic heterocycles. The number of ether oxygens (including phenoxy) is 1. The van der Waals surface area contributed by atoms with E-state index in [-0.39, 0.29) is 18.6 Å². The van der Waals surface area contributed by atoms with Crippen molar-refractivity contribution in [2.75, 3.05) is 6.61 Å². The number of benzene rings is 1. The lowest BCUT2D eigenvalue weighted by Gasteiger charge is -2.11. The van der Waals surface area contributed by atoms with Gasteiger partial charge in [0.1, 0.15) is 11.9 Å². The molecule has 0 fully saturated rings. The number of fused-ring (bicyclic) bond motifs is 1. The summed E-state index contributed by atoms with van der Waals surface area (Å²) >= 11 is 0. The van der Waals surface area contributed by atoms with Gasteiger partial charge in [0.2, 0.25) is 0 Å². The van der Waals surface area contributed by atoms with E-state index in [2.05, 4.69) is 13.0 Å². The third-order valence-electron chi connectivity index (χ3n) is 2.79. The normalized spacial score (nSPS) is 21.5. The predicted molar refractivity (Wildman–Crippen MR) is 55.7 cm³/mol. The van der Waals surface area contributed by atoms with Crippen molar-refractivity contribution < 1.29 is 9.84 Å². The smallest absolute Gasteiger partial charge is 0.123 e. The van der Waals surface area contributed by atoms with Crippen LogP contribution in [-0.4, -0.2) is 17.8 Å². The van der Waals surface area contributed by atoms with Crippen molar-refractivity contribution in [3.8, 4) is 5.75 Å². The van der Waals surface area contributed by atoms with Crippen LogP contribution < -0.4 is 4.74 Å². The number of hydrogen-bond acceptors (Lipinski definition) is 2. The van der Waals surface area contributed by atoms with Gasteiger partial charge >= 0.3 is 0 Å². The van der Waals surface area contributed by atoms with Crippen molar-refractivity contribution in [1.82, 2.24) is 0 Å². The van der Waals surface area contributed by atoms with Gasteiger partial charge in [0, 0.05) is 24.5 Å². The molecular weight excluding hydrogens is 176 g/mol. The van der Waals surface area contributed by atoms with Crippen LogP contribution in [0.2, 0.25) is 0 Å². The maximum Gasteiger partial charge on any atom is 0.123 e. The molecule has 0 aliphatic carbocycles. The molecule has 2 heteroatoms. The Hall–Kier alpha value is -1.02. The standard InChI is InChI=1S/C12H16O2/c1-8(7-13)10-4-3-5-12-11(10)6-9(2)14-12/h3-5,8-9,13H,6-7H2,1-2H3. The Morgan fingerprint density at radius 3 is 3.07 bits per heavy atom. The summed E-state index contributed by atoms with van der Waals surface area (Å²) in [5.41, 5.74) is 2.51. The van der Waals surface area contributed by atoms with Gasteiger partial charge in [-0.1, -0.05) is 19.1 Å². The first-order valence-electron chi connectivity index (χ1n) is 5.11. The van der Waals surface area contributed by atoms with Crippen LogP contribution in [0.3, 0.4) is 0 Å². The van der Waals surface area contributed by atoms with Crippen molar-refractivity contribution in [2.45, 2.75) is 32.3 Å². The summed E-state index contributed by atoms with van der Waals surface area (Å²) in [4.78, 5) is 0. The molecule has 2 atom stereocenters. The molecule has 1 heterocycles. The highest BCUT2D eigenvalue weighted by atomic mass is 16.5. The minimum Gasteiger partial charge on any atom is -0.490 e. The summed E-state index contributed by atoms with van der Waals surface area (Å²) in [7, 11) is 0. The van der Waals surface area contributed by atoms with Crippen LogP contribution in [-0.2, 0) is 6.42 Å². The van der Waals surface area contributed by atoms with Gasteiger partial charge in [0.25, 0.3) is 0 Å². The van der Waals surface area contributed by atoms with Crippen LogP contribution in [0, 0.1) is 0 Å². The van der Waals surface area contributed by atoms with E-state index in [1.165, 1.54) is 11.1 Å². The van der Waals surface area contributed by atoms with E-state index in [1.807, 2.05) is 19.1 Å². The first kappa shape index (κ1) is 9.53. The van der Waals surface area contributed by atoms with Gasteiger partial charge in [0.15, 0.2) is 0 Å². The molecule has 1 aromatic rings. The molecule has 76 valence electrons. The molecule has 0 saturated heterocycles. The van der Waals surface area contributed by atoms with Crippen molar-refractivity contribution >= 4 is 0 Å². The second kappa shape index (κ2) is 3.62. The van der Waals surface area contributed by atoms with Crippen LogP contribution >= 0.6 is 0 Å². The molecule has 1 aliphatic heterocycles. The largest absolute Gasteiger partial charge is 0.490 e. The molecule has 1 aromatic carbocycles. The lowest BCUT2D eigenvalue weighted by molar-refractivity contribution is 0.254. The molecule has 0 bridgehead atoms. The van der Waals surface area contributed by atoms with Gasteiger partial charge in [-0.25, -0.2) is 0 Å². The summed E-state index contributed by atoms with van der Waals surface area (Å²) in [5.74, 6) is 1.20. The van der Waals surface area contributed by atoms with Crippen molar-refractivity contribution in [3.63, 3.8) is 0 Å². The minimum atomic E-state index is 0.199. The van der Waals surface area contributed by atoms with Gasteiger partial charge < -0.3 is 9.84 Å². The third kappa shape index (κ3) is 1.50. The Balaban J connectivity index is 2.39. The monoisotopic (exact) mass is 192 g/mol. The Kier molecular flexibility index (Phi) is 2.46. The number of aliphatic hydroxyl groups excluding tert-OH is 1. The summed E-state index contributed by atoms with van der Waals surface area (Å²) < 4.78 is 5.66. The second-order valence-electron chi connectivity index (χ2n) is 4.04. The van der Waals surface area contributed by atoms with Crippen LogP contribution in [0.4, 0.5) is 0 Å². The maximum absolute atomic E-state index is 9.14. The molecule has 0 spiro atoms. The Labute approximate surface area is 84.5 Å². The highest BCUT2D eigenvalue weighted by Crippen LogP contribution is 2.34. The van der Waals surface area contributed by atoms with E-state index >= 15 is 0 Å². The maximum atomic E-state index is 9.14. The van der Waals surface area contributed by atoms with E-state index in [1.54, 1.807) is 0 Å². The number of rotatable bonds is 2. The summed E-state index contributed by atoms with van der Waals surface area (Å²) in [6.07, 6.45) is 1.24. The second-order valence-corrected chi connectivity index (χ2v) is 4.04. The zero-order chi connectivity index (χ0) is 10.1. The lowest BCUT2D eigenvalue weighted by atomic mass is 9.94. The molecule has 0 saturated carbocycles. The lowest BCUT2D eigenvalue weighted by Crippen LogP contribution is -2.06. The van der Waals surface area contributed by atoms with Gasteiger partial charge in [-0.05, 0) is 18.6 Å². The first-order valence-corrected chi connectivity index (χ1v) is 5.11. The van der Waals surface area contributed by atoms with E-state index in [0.717, 1.165) is 12.2 Å². The molecule has 14 heavy (non-hydrogen) atoms. The molecule has 2 nitrogen and oxygen atoms in total. The van der Waals surface area contributed by atoms with Gasteiger partial charge in [-0.15, -0.1) is 0 Å². The molecule has 2 unspecified atom stereocenters. The first-order chi connectivity index (χ1) is 6.72. The highest BCUT2D eigenvalue weighted by molar-refractivity contribution is 5.45. The predicted octanol–water partition coefficient (Wildman–Crippen LogP) is 2.11. The Morgan fingerprint density at radius 2 is 2.36 bits per heavy atom. The van der Waals surface area contributed by atoms with Gasteiger partial charge in [-0.2, -0.15) is 0 Å². The minimum absolute atomic E-state index is 0.199. The van der Waals surface area contributed by atoms with Crippen LogP contribution in [0.25, 0.3) is 0 Å². The average molecular weight is 192 g/mol. The van der Waals surface area contributed by atoms with Crippen LogP contribution in [0.1, 0.15) is 30.9 Å². The molecule has 0 radical (unpaired) electrons. The zero-order valence-electron chi connectivity index (χ0n) is 8.66. The fraction of sp³-hybridized carbons (Fsp3) is 0.500. The van der Waals surface area contributed by atoms with E-state index in [4.69, 9.17) is 9.84 Å². The molecular formula is C12H16O2. The molecule has 1 N–H and O–H groups in total. The van der Waals surface area contributed by atoms with Crippen LogP contribution in [0.15, 0.2) is 18.2 Å². The van der Waals surface area contributed by atoms with Gasteiger partial charge in [0.05, 0.1) is 0 Å². The van der Waals surface area contributed by atoms with Crippen molar-refractivity contribution in [2.24, 2.45) is 0 Å². The summed E-state index contributed by atoms with van der Waals surface area (Å²) in [5, 5.41) is 9.14. The number of aliphatic hydroxyl groups is 1. The molecule has 0 amide bonds. The van der Waals surface area contributed by atoms with E-state index < -0.39 is 0 Å². The fourth-order valence-corrected chi connectivity index (χ4v) is 2.02. The Morgan fingerprint density at radius 1 is 1.57 bits per heavy atom. The van der Waals surface area contributed by atoms with E-state index in [0.29, 0.717) is 0 Å². The molecule has 2 rings (SSSR count). The van der Waals surface area contributed by atoms with Gasteiger partial charge in [-0.3, -0.25) is 0 Å². The summed E-state index contributed by atoms with van der Waals surface area (Å²) in [6, 6.07) is 6.09. The fourth-order valence-electron chi connectivity index (χ4n) is 2.02. The quantitative estimate of drug-likeness (QED) is 0.777. The van der Waals surface area contributed by atoms with Crippen LogP contribution in [0.5, 0.6) is 5.75 Å². The SMILES string of the molecule is CC1Cc2c(cccc2C(C)CO)O1. The van der Waals surface area contributed by atoms with E-state index in [9.17, 15) is 0 Å². The Bertz CT molecular complexity index is 333. The third-order valence-corrected chi connectivity index (χ3v) is 2.79. The highest BCUT2D eigenvalue weighted by Gasteiger charge is 2.23. The topological polar surface area (TPSA) is 29.5 Å². The average Bonchev–Trinajstić information content (AvgIpc) is 2.56. The molecule has 1 aliphatic rings. The van der Waals surface area contributed by atoms with Crippen molar-refractivity contribution in [3.05, 3.63) is 29.3 Å². The zero-order valence-corrected chi connectivity index (χ0v) is 8.66.